The molecule has 3 heterocycles. The fraction of sp³-hybridized carbons (Fsp3) is 0.312. The first-order valence-electron chi connectivity index (χ1n) is 8.39. The normalized spacial score (nSPS) is 13.6. The van der Waals surface area contributed by atoms with Crippen LogP contribution < -0.4 is 15.2 Å². The summed E-state index contributed by atoms with van der Waals surface area (Å²) in [6, 6.07) is 4.11. The first-order valence-corrected chi connectivity index (χ1v) is 11.9. The van der Waals surface area contributed by atoms with E-state index in [1.54, 1.807) is 4.57 Å². The number of anilines is 1. The Balaban J connectivity index is 1.76. The van der Waals surface area contributed by atoms with Gasteiger partial charge in [0.25, 0.3) is 0 Å². The lowest BCUT2D eigenvalue weighted by Crippen LogP contribution is -2.25. The fourth-order valence-electron chi connectivity index (χ4n) is 2.88. The van der Waals surface area contributed by atoms with Crippen LogP contribution in [-0.2, 0) is 23.0 Å². The molecule has 2 aromatic heterocycles. The van der Waals surface area contributed by atoms with Gasteiger partial charge in [-0.05, 0) is 47.3 Å². The molecule has 0 aliphatic carbocycles. The Morgan fingerprint density at radius 3 is 3.00 bits per heavy atom. The van der Waals surface area contributed by atoms with Crippen LogP contribution in [-0.4, -0.2) is 47.3 Å². The van der Waals surface area contributed by atoms with E-state index in [0.29, 0.717) is 22.9 Å². The number of aryl methyl sites for hydroxylation is 1. The Bertz CT molecular complexity index is 1160. The van der Waals surface area contributed by atoms with Crippen LogP contribution in [0.5, 0.6) is 5.75 Å². The summed E-state index contributed by atoms with van der Waals surface area (Å²) in [6.07, 6.45) is 2.26. The average molecular weight is 532 g/mol. The average Bonchev–Trinajstić information content (AvgIpc) is 3.25. The van der Waals surface area contributed by atoms with Gasteiger partial charge in [-0.15, -0.1) is 0 Å². The van der Waals surface area contributed by atoms with Crippen LogP contribution in [0.2, 0.25) is 0 Å². The number of benzene rings is 1. The monoisotopic (exact) mass is 532 g/mol. The van der Waals surface area contributed by atoms with Crippen LogP contribution in [0.25, 0.3) is 11.2 Å². The Kier molecular flexibility index (Phi) is 5.37. The Hall–Kier alpha value is -1.64. The molecule has 0 atom stereocenters. The lowest BCUT2D eigenvalue weighted by molar-refractivity contribution is 0.356. The number of nitrogens with two attached hydrogens (primary N) is 1. The number of hydrogen-bond donors (Lipinski definition) is 2. The van der Waals surface area contributed by atoms with Gasteiger partial charge in [-0.25, -0.2) is 28.1 Å². The molecule has 0 unspecified atom stereocenters. The lowest BCUT2D eigenvalue weighted by atomic mass is 10.2. The highest BCUT2D eigenvalue weighted by Crippen LogP contribution is 2.38. The zero-order valence-electron chi connectivity index (χ0n) is 14.8. The van der Waals surface area contributed by atoms with Gasteiger partial charge in [-0.3, -0.25) is 0 Å². The van der Waals surface area contributed by atoms with Gasteiger partial charge in [0.05, 0.1) is 12.4 Å². The van der Waals surface area contributed by atoms with Crippen molar-refractivity contribution in [2.45, 2.75) is 23.0 Å². The van der Waals surface area contributed by atoms with Crippen molar-refractivity contribution < 1.29 is 13.2 Å². The minimum Gasteiger partial charge on any atom is -0.493 e. The second-order valence-electron chi connectivity index (χ2n) is 6.09. The van der Waals surface area contributed by atoms with Gasteiger partial charge in [-0.1, -0.05) is 11.8 Å². The van der Waals surface area contributed by atoms with Crippen molar-refractivity contribution in [3.05, 3.63) is 27.6 Å². The summed E-state index contributed by atoms with van der Waals surface area (Å²) in [4.78, 5) is 13.8. The third-order valence-electron chi connectivity index (χ3n) is 4.37. The maximum Gasteiger partial charge on any atom is 0.213 e. The first-order chi connectivity index (χ1) is 13.4. The molecule has 9 nitrogen and oxygen atoms in total. The maximum atomic E-state index is 11.9. The van der Waals surface area contributed by atoms with E-state index < -0.39 is 10.0 Å². The minimum absolute atomic E-state index is 0.100. The van der Waals surface area contributed by atoms with E-state index in [4.69, 9.17) is 10.5 Å². The summed E-state index contributed by atoms with van der Waals surface area (Å²) in [7, 11) is -1.99. The molecule has 0 spiro atoms. The molecule has 1 aliphatic heterocycles. The van der Waals surface area contributed by atoms with Crippen LogP contribution in [0.3, 0.4) is 0 Å². The van der Waals surface area contributed by atoms with Gasteiger partial charge in [-0.2, -0.15) is 0 Å². The number of nitrogen functional groups attached to an aromatic ring is 1. The van der Waals surface area contributed by atoms with E-state index in [0.717, 1.165) is 20.6 Å². The summed E-state index contributed by atoms with van der Waals surface area (Å²) in [5.41, 5.74) is 8.11. The van der Waals surface area contributed by atoms with Gasteiger partial charge in [0, 0.05) is 21.4 Å². The molecule has 4 rings (SSSR count). The van der Waals surface area contributed by atoms with Crippen molar-refractivity contribution in [3.8, 4) is 5.75 Å². The number of ether oxygens (including phenoxy) is 1. The number of aromatic nitrogens is 4. The summed E-state index contributed by atoms with van der Waals surface area (Å²) >= 11 is 3.71. The molecule has 1 aromatic carbocycles. The standard InChI is InChI=1S/C16H17IN6O3S2/c1-19-28(24,25)5-3-23-15-13(14(18)20-8-21-15)22-16(23)27-12-7-11-9(2-4-26-11)6-10(12)17/h6-8,19H,2-5H2,1H3,(H2,18,20,21). The molecule has 0 amide bonds. The van der Waals surface area contributed by atoms with E-state index in [9.17, 15) is 8.42 Å². The molecule has 12 heteroatoms. The molecule has 0 fully saturated rings. The number of nitrogens with one attached hydrogen (secondary N) is 1. The molecule has 1 aliphatic rings. The Labute approximate surface area is 179 Å². The number of halogens is 1. The number of sulfonamides is 1. The predicted octanol–water partition coefficient (Wildman–Crippen LogP) is 1.65. The molecule has 28 heavy (non-hydrogen) atoms. The topological polar surface area (TPSA) is 125 Å². The van der Waals surface area contributed by atoms with Crippen molar-refractivity contribution in [2.75, 3.05) is 25.1 Å². The van der Waals surface area contributed by atoms with Crippen molar-refractivity contribution >= 4 is 61.4 Å². The molecular weight excluding hydrogens is 515 g/mol. The molecule has 3 N–H and O–H groups in total. The second kappa shape index (κ2) is 7.65. The van der Waals surface area contributed by atoms with Gasteiger partial charge in [0.2, 0.25) is 10.0 Å². The minimum atomic E-state index is -3.38. The van der Waals surface area contributed by atoms with Crippen LogP contribution >= 0.6 is 34.4 Å². The highest BCUT2D eigenvalue weighted by atomic mass is 127. The lowest BCUT2D eigenvalue weighted by Gasteiger charge is -2.10. The largest absolute Gasteiger partial charge is 0.493 e. The van der Waals surface area contributed by atoms with Crippen molar-refractivity contribution in [2.24, 2.45) is 0 Å². The van der Waals surface area contributed by atoms with E-state index in [2.05, 4.69) is 48.3 Å². The van der Waals surface area contributed by atoms with Crippen LogP contribution in [0.15, 0.2) is 28.5 Å². The smallest absolute Gasteiger partial charge is 0.213 e. The van der Waals surface area contributed by atoms with E-state index in [-0.39, 0.29) is 18.1 Å². The number of rotatable bonds is 6. The number of imidazole rings is 1. The van der Waals surface area contributed by atoms with Gasteiger partial charge < -0.3 is 15.0 Å². The molecule has 0 saturated heterocycles. The molecular formula is C16H17IN6O3S2. The summed E-state index contributed by atoms with van der Waals surface area (Å²) < 4.78 is 34.7. The first kappa shape index (κ1) is 19.7. The fourth-order valence-corrected chi connectivity index (χ4v) is 5.31. The van der Waals surface area contributed by atoms with Crippen molar-refractivity contribution in [1.82, 2.24) is 24.2 Å². The zero-order chi connectivity index (χ0) is 19.9. The maximum absolute atomic E-state index is 11.9. The molecule has 148 valence electrons. The van der Waals surface area contributed by atoms with Crippen LogP contribution in [0.4, 0.5) is 5.82 Å². The Morgan fingerprint density at radius 1 is 1.39 bits per heavy atom. The molecule has 0 bridgehead atoms. The van der Waals surface area contributed by atoms with Gasteiger partial charge in [0.1, 0.15) is 12.1 Å². The highest BCUT2D eigenvalue weighted by molar-refractivity contribution is 14.1. The number of nitrogens with zero attached hydrogens (tertiary/aromatic N) is 4. The number of fused-ring (bicyclic) bond motifs is 2. The van der Waals surface area contributed by atoms with E-state index in [1.165, 1.54) is 30.7 Å². The third-order valence-corrected chi connectivity index (χ3v) is 8.02. The van der Waals surface area contributed by atoms with Crippen LogP contribution in [0, 0.1) is 3.57 Å². The van der Waals surface area contributed by atoms with Gasteiger partial charge in [0.15, 0.2) is 22.1 Å². The van der Waals surface area contributed by atoms with Crippen molar-refractivity contribution in [1.29, 1.82) is 0 Å². The van der Waals surface area contributed by atoms with Crippen LogP contribution in [0.1, 0.15) is 5.56 Å². The SMILES string of the molecule is CNS(=O)(=O)CCn1c(Sc2cc3c(cc2I)CCO3)nc2c(N)ncnc21. The zero-order valence-corrected chi connectivity index (χ0v) is 18.6. The highest BCUT2D eigenvalue weighted by Gasteiger charge is 2.21. The summed E-state index contributed by atoms with van der Waals surface area (Å²) in [6.45, 7) is 0.878. The quantitative estimate of drug-likeness (QED) is 0.460. The van der Waals surface area contributed by atoms with E-state index in [1.807, 2.05) is 6.07 Å². The van der Waals surface area contributed by atoms with Crippen molar-refractivity contribution in [3.63, 3.8) is 0 Å². The Morgan fingerprint density at radius 2 is 2.21 bits per heavy atom. The summed E-state index contributed by atoms with van der Waals surface area (Å²) in [5.74, 6) is 1.04. The molecule has 0 radical (unpaired) electrons. The van der Waals surface area contributed by atoms with Gasteiger partial charge >= 0.3 is 0 Å². The van der Waals surface area contributed by atoms with E-state index >= 15 is 0 Å². The second-order valence-corrected chi connectivity index (χ2v) is 10.3. The predicted molar refractivity (Wildman–Crippen MR) is 115 cm³/mol. The third kappa shape index (κ3) is 3.77. The summed E-state index contributed by atoms with van der Waals surface area (Å²) in [5, 5.41) is 0.601. The molecule has 3 aromatic rings. The molecule has 0 saturated carbocycles. The number of hydrogen-bond acceptors (Lipinski definition) is 8.